The molecule has 1 N–H and O–H groups in total. The maximum atomic E-state index is 11.6. The van der Waals surface area contributed by atoms with Crippen molar-refractivity contribution in [2.45, 2.75) is 4.90 Å². The average molecular weight is 392 g/mol. The van der Waals surface area contributed by atoms with Crippen molar-refractivity contribution >= 4 is 43.4 Å². The standard InChI is InChI=1S/C13H14BrNO6S/c1-20-12(16)7-11(13(17)21-2)15-10-5-4-8(6-9(10)14)22(3,18)19/h4-7,15H,1-3H3/b11-7+. The van der Waals surface area contributed by atoms with Gasteiger partial charge in [0, 0.05) is 10.7 Å². The summed E-state index contributed by atoms with van der Waals surface area (Å²) >= 11 is 3.20. The van der Waals surface area contributed by atoms with Crippen LogP contribution in [0.4, 0.5) is 5.69 Å². The van der Waals surface area contributed by atoms with E-state index in [9.17, 15) is 18.0 Å². The molecule has 0 spiro atoms. The van der Waals surface area contributed by atoms with E-state index in [4.69, 9.17) is 0 Å². The number of benzene rings is 1. The van der Waals surface area contributed by atoms with E-state index in [-0.39, 0.29) is 10.6 Å². The molecule has 0 aromatic heterocycles. The Bertz CT molecular complexity index is 726. The Morgan fingerprint density at radius 2 is 1.86 bits per heavy atom. The Morgan fingerprint density at radius 3 is 2.32 bits per heavy atom. The lowest BCUT2D eigenvalue weighted by atomic mass is 10.3. The number of hydrogen-bond acceptors (Lipinski definition) is 7. The van der Waals surface area contributed by atoms with Crippen LogP contribution in [0.3, 0.4) is 0 Å². The number of esters is 2. The zero-order valence-corrected chi connectivity index (χ0v) is 14.4. The first-order valence-corrected chi connectivity index (χ1v) is 8.52. The zero-order valence-electron chi connectivity index (χ0n) is 12.0. The van der Waals surface area contributed by atoms with E-state index in [1.165, 1.54) is 25.3 Å². The third-order valence-corrected chi connectivity index (χ3v) is 4.27. The Labute approximate surface area is 136 Å². The molecule has 0 heterocycles. The first-order valence-electron chi connectivity index (χ1n) is 5.83. The molecule has 0 aliphatic rings. The van der Waals surface area contributed by atoms with E-state index < -0.39 is 21.8 Å². The predicted octanol–water partition coefficient (Wildman–Crippen LogP) is 1.49. The first-order chi connectivity index (χ1) is 10.2. The van der Waals surface area contributed by atoms with E-state index in [2.05, 4.69) is 30.7 Å². The number of carbonyl (C=O) groups excluding carboxylic acids is 2. The van der Waals surface area contributed by atoms with Crippen molar-refractivity contribution < 1.29 is 27.5 Å². The summed E-state index contributed by atoms with van der Waals surface area (Å²) in [7, 11) is -1.02. The van der Waals surface area contributed by atoms with Gasteiger partial charge in [-0.05, 0) is 34.1 Å². The largest absolute Gasteiger partial charge is 0.466 e. The minimum atomic E-state index is -3.35. The monoisotopic (exact) mass is 391 g/mol. The second-order valence-corrected chi connectivity index (χ2v) is 6.98. The van der Waals surface area contributed by atoms with E-state index in [0.29, 0.717) is 10.2 Å². The number of ether oxygens (including phenoxy) is 2. The van der Waals surface area contributed by atoms with Gasteiger partial charge in [0.05, 0.1) is 30.9 Å². The van der Waals surface area contributed by atoms with Crippen LogP contribution in [-0.2, 0) is 28.9 Å². The fraction of sp³-hybridized carbons (Fsp3) is 0.231. The van der Waals surface area contributed by atoms with E-state index in [1.807, 2.05) is 0 Å². The van der Waals surface area contributed by atoms with Crippen LogP contribution in [0.1, 0.15) is 0 Å². The maximum Gasteiger partial charge on any atom is 0.354 e. The first kappa shape index (κ1) is 18.2. The molecule has 0 saturated heterocycles. The third-order valence-electron chi connectivity index (χ3n) is 2.51. The van der Waals surface area contributed by atoms with Gasteiger partial charge < -0.3 is 14.8 Å². The number of rotatable bonds is 5. The normalized spacial score (nSPS) is 11.7. The highest BCUT2D eigenvalue weighted by Crippen LogP contribution is 2.27. The Morgan fingerprint density at radius 1 is 1.23 bits per heavy atom. The van der Waals surface area contributed by atoms with Crippen LogP contribution in [0, 0.1) is 0 Å². The second-order valence-electron chi connectivity index (χ2n) is 4.11. The summed E-state index contributed by atoms with van der Waals surface area (Å²) in [5, 5.41) is 2.69. The number of nitrogens with one attached hydrogen (secondary N) is 1. The lowest BCUT2D eigenvalue weighted by Gasteiger charge is -2.11. The fourth-order valence-corrected chi connectivity index (χ4v) is 2.68. The Balaban J connectivity index is 3.17. The molecule has 7 nitrogen and oxygen atoms in total. The van der Waals surface area contributed by atoms with E-state index >= 15 is 0 Å². The maximum absolute atomic E-state index is 11.6. The van der Waals surface area contributed by atoms with Crippen molar-refractivity contribution in [2.75, 3.05) is 25.8 Å². The zero-order chi connectivity index (χ0) is 16.9. The van der Waals surface area contributed by atoms with Crippen LogP contribution in [0.5, 0.6) is 0 Å². The topological polar surface area (TPSA) is 98.8 Å². The van der Waals surface area contributed by atoms with Crippen molar-refractivity contribution in [3.05, 3.63) is 34.4 Å². The number of carbonyl (C=O) groups is 2. The van der Waals surface area contributed by atoms with Crippen LogP contribution in [0.15, 0.2) is 39.3 Å². The van der Waals surface area contributed by atoms with Crippen LogP contribution in [0.2, 0.25) is 0 Å². The molecule has 0 amide bonds. The van der Waals surface area contributed by atoms with Crippen molar-refractivity contribution in [3.8, 4) is 0 Å². The quantitative estimate of drug-likeness (QED) is 0.599. The molecule has 0 unspecified atom stereocenters. The molecule has 1 aromatic carbocycles. The van der Waals surface area contributed by atoms with Crippen molar-refractivity contribution in [1.82, 2.24) is 0 Å². The van der Waals surface area contributed by atoms with Gasteiger partial charge in [0.1, 0.15) is 5.70 Å². The summed E-state index contributed by atoms with van der Waals surface area (Å²) in [4.78, 5) is 23.0. The molecule has 0 bridgehead atoms. The Hall–Kier alpha value is -1.87. The van der Waals surface area contributed by atoms with Gasteiger partial charge in [-0.2, -0.15) is 0 Å². The summed E-state index contributed by atoms with van der Waals surface area (Å²) in [5.41, 5.74) is 0.232. The highest BCUT2D eigenvalue weighted by Gasteiger charge is 2.15. The molecule has 0 saturated carbocycles. The van der Waals surface area contributed by atoms with E-state index in [1.54, 1.807) is 0 Å². The SMILES string of the molecule is COC(=O)/C=C(/Nc1ccc(S(C)(=O)=O)cc1Br)C(=O)OC. The number of sulfone groups is 1. The molecular weight excluding hydrogens is 378 g/mol. The van der Waals surface area contributed by atoms with Gasteiger partial charge in [-0.15, -0.1) is 0 Å². The highest BCUT2D eigenvalue weighted by atomic mass is 79.9. The number of halogens is 1. The molecule has 1 aromatic rings. The lowest BCUT2D eigenvalue weighted by Crippen LogP contribution is -2.15. The van der Waals surface area contributed by atoms with Crippen LogP contribution in [-0.4, -0.2) is 40.8 Å². The van der Waals surface area contributed by atoms with Gasteiger partial charge in [0.25, 0.3) is 0 Å². The predicted molar refractivity (Wildman–Crippen MR) is 83.0 cm³/mol. The summed E-state index contributed by atoms with van der Waals surface area (Å²) in [6, 6.07) is 4.20. The van der Waals surface area contributed by atoms with Gasteiger partial charge in [0.15, 0.2) is 9.84 Å². The summed E-state index contributed by atoms with van der Waals surface area (Å²) in [5.74, 6) is -1.51. The minimum absolute atomic E-state index is 0.112. The molecule has 120 valence electrons. The van der Waals surface area contributed by atoms with Crippen molar-refractivity contribution in [3.63, 3.8) is 0 Å². The third kappa shape index (κ3) is 4.85. The molecule has 1 rings (SSSR count). The van der Waals surface area contributed by atoms with Crippen molar-refractivity contribution in [2.24, 2.45) is 0 Å². The van der Waals surface area contributed by atoms with E-state index in [0.717, 1.165) is 19.4 Å². The molecule has 0 atom stereocenters. The van der Waals surface area contributed by atoms with Gasteiger partial charge in [-0.25, -0.2) is 18.0 Å². The van der Waals surface area contributed by atoms with Crippen LogP contribution < -0.4 is 5.32 Å². The average Bonchev–Trinajstić information content (AvgIpc) is 2.46. The summed E-state index contributed by atoms with van der Waals surface area (Å²) in [6.07, 6.45) is 2.02. The Kier molecular flexibility index (Phi) is 6.12. The highest BCUT2D eigenvalue weighted by molar-refractivity contribution is 9.10. The molecule has 0 fully saturated rings. The fourth-order valence-electron chi connectivity index (χ4n) is 1.41. The smallest absolute Gasteiger partial charge is 0.354 e. The number of hydrogen-bond donors (Lipinski definition) is 1. The molecule has 9 heteroatoms. The van der Waals surface area contributed by atoms with Gasteiger partial charge in [0.2, 0.25) is 0 Å². The van der Waals surface area contributed by atoms with Crippen LogP contribution >= 0.6 is 15.9 Å². The molecule has 22 heavy (non-hydrogen) atoms. The lowest BCUT2D eigenvalue weighted by molar-refractivity contribution is -0.138. The number of anilines is 1. The van der Waals surface area contributed by atoms with Gasteiger partial charge >= 0.3 is 11.9 Å². The number of methoxy groups -OCH3 is 2. The second kappa shape index (κ2) is 7.41. The van der Waals surface area contributed by atoms with Gasteiger partial charge in [-0.1, -0.05) is 0 Å². The molecule has 0 radical (unpaired) electrons. The molecular formula is C13H14BrNO6S. The van der Waals surface area contributed by atoms with Crippen molar-refractivity contribution in [1.29, 1.82) is 0 Å². The van der Waals surface area contributed by atoms with Crippen LogP contribution in [0.25, 0.3) is 0 Å². The summed E-state index contributed by atoms with van der Waals surface area (Å²) in [6.45, 7) is 0. The van der Waals surface area contributed by atoms with Gasteiger partial charge in [-0.3, -0.25) is 0 Å². The molecule has 0 aliphatic carbocycles. The summed E-state index contributed by atoms with van der Waals surface area (Å²) < 4.78 is 32.3. The minimum Gasteiger partial charge on any atom is -0.466 e. The molecule has 0 aliphatic heterocycles.